The number of aromatic nitrogens is 2. The Morgan fingerprint density at radius 2 is 1.67 bits per heavy atom. The summed E-state index contributed by atoms with van der Waals surface area (Å²) in [5, 5.41) is 4.45. The molecule has 0 atom stereocenters. The van der Waals surface area contributed by atoms with Gasteiger partial charge in [0.15, 0.2) is 5.69 Å². The number of hydrogen-bond donors (Lipinski definition) is 0. The van der Waals surface area contributed by atoms with Crippen molar-refractivity contribution in [1.29, 1.82) is 0 Å². The minimum absolute atomic E-state index is 0.0784. The van der Waals surface area contributed by atoms with E-state index in [0.29, 0.717) is 43.0 Å². The number of piperazine rings is 1. The van der Waals surface area contributed by atoms with Crippen LogP contribution in [0, 0.1) is 12.7 Å². The summed E-state index contributed by atoms with van der Waals surface area (Å²) >= 11 is 0. The Bertz CT molecular complexity index is 861. The van der Waals surface area contributed by atoms with Crippen molar-refractivity contribution in [3.8, 4) is 0 Å². The van der Waals surface area contributed by atoms with E-state index >= 15 is 0 Å². The average molecular weight is 370 g/mol. The third kappa shape index (κ3) is 3.46. The number of carbonyl (C=O) groups is 2. The van der Waals surface area contributed by atoms with Crippen LogP contribution < -0.4 is 0 Å². The van der Waals surface area contributed by atoms with E-state index in [-0.39, 0.29) is 17.6 Å². The van der Waals surface area contributed by atoms with Crippen LogP contribution >= 0.6 is 0 Å². The number of fused-ring (bicyclic) bond motifs is 1. The van der Waals surface area contributed by atoms with Gasteiger partial charge in [-0.3, -0.25) is 14.3 Å². The SMILES string of the molecule is Cc1ccc(C(=O)N2CCN(C(=O)c3cc4n(n3)CCCC4)CC2)cc1F. The van der Waals surface area contributed by atoms with Gasteiger partial charge < -0.3 is 9.80 Å². The number of amides is 2. The summed E-state index contributed by atoms with van der Waals surface area (Å²) < 4.78 is 15.7. The number of carbonyl (C=O) groups excluding carboxylic acids is 2. The van der Waals surface area contributed by atoms with Crippen LogP contribution in [-0.4, -0.2) is 57.6 Å². The Labute approximate surface area is 157 Å². The lowest BCUT2D eigenvalue weighted by Gasteiger charge is -2.34. The highest BCUT2D eigenvalue weighted by Crippen LogP contribution is 2.18. The molecule has 0 aliphatic carbocycles. The van der Waals surface area contributed by atoms with Gasteiger partial charge in [-0.15, -0.1) is 0 Å². The molecule has 1 fully saturated rings. The molecular formula is C20H23FN4O2. The normalized spacial score (nSPS) is 17.0. The maximum absolute atomic E-state index is 13.7. The van der Waals surface area contributed by atoms with Crippen molar-refractivity contribution < 1.29 is 14.0 Å². The monoisotopic (exact) mass is 370 g/mol. The van der Waals surface area contributed by atoms with Crippen molar-refractivity contribution in [3.63, 3.8) is 0 Å². The topological polar surface area (TPSA) is 58.4 Å². The fourth-order valence-electron chi connectivity index (χ4n) is 3.71. The molecule has 0 saturated carbocycles. The van der Waals surface area contributed by atoms with Crippen molar-refractivity contribution in [2.24, 2.45) is 0 Å². The van der Waals surface area contributed by atoms with Crippen molar-refractivity contribution in [3.05, 3.63) is 52.6 Å². The van der Waals surface area contributed by atoms with Crippen LogP contribution in [0.2, 0.25) is 0 Å². The molecule has 7 heteroatoms. The average Bonchev–Trinajstić information content (AvgIpc) is 3.13. The summed E-state index contributed by atoms with van der Waals surface area (Å²) in [6.45, 7) is 4.34. The highest BCUT2D eigenvalue weighted by atomic mass is 19.1. The standard InChI is InChI=1S/C20H23FN4O2/c1-14-5-6-15(12-17(14)21)19(26)23-8-10-24(11-9-23)20(27)18-13-16-4-2-3-7-25(16)22-18/h5-6,12-13H,2-4,7-11H2,1H3. The van der Waals surface area contributed by atoms with E-state index in [2.05, 4.69) is 5.10 Å². The molecule has 0 radical (unpaired) electrons. The number of nitrogens with zero attached hydrogens (tertiary/aromatic N) is 4. The first-order valence-corrected chi connectivity index (χ1v) is 9.44. The van der Waals surface area contributed by atoms with Gasteiger partial charge in [0, 0.05) is 44.0 Å². The van der Waals surface area contributed by atoms with E-state index in [9.17, 15) is 14.0 Å². The van der Waals surface area contributed by atoms with Gasteiger partial charge >= 0.3 is 0 Å². The van der Waals surface area contributed by atoms with Crippen LogP contribution in [0.4, 0.5) is 4.39 Å². The first-order chi connectivity index (χ1) is 13.0. The van der Waals surface area contributed by atoms with E-state index < -0.39 is 0 Å². The molecule has 2 aliphatic heterocycles. The molecule has 2 aliphatic rings. The van der Waals surface area contributed by atoms with Gasteiger partial charge in [0.1, 0.15) is 5.82 Å². The van der Waals surface area contributed by atoms with Crippen molar-refractivity contribution in [1.82, 2.24) is 19.6 Å². The largest absolute Gasteiger partial charge is 0.335 e. The fraction of sp³-hybridized carbons (Fsp3) is 0.450. The molecule has 0 N–H and O–H groups in total. The van der Waals surface area contributed by atoms with E-state index in [0.717, 1.165) is 31.5 Å². The molecule has 1 saturated heterocycles. The fourth-order valence-corrected chi connectivity index (χ4v) is 3.71. The molecular weight excluding hydrogens is 347 g/mol. The number of rotatable bonds is 2. The molecule has 0 unspecified atom stereocenters. The van der Waals surface area contributed by atoms with Crippen LogP contribution in [0.15, 0.2) is 24.3 Å². The van der Waals surface area contributed by atoms with Gasteiger partial charge in [-0.25, -0.2) is 4.39 Å². The number of halogens is 1. The molecule has 2 amide bonds. The molecule has 142 valence electrons. The highest BCUT2D eigenvalue weighted by Gasteiger charge is 2.27. The van der Waals surface area contributed by atoms with Crippen molar-refractivity contribution >= 4 is 11.8 Å². The Hall–Kier alpha value is -2.70. The van der Waals surface area contributed by atoms with Gasteiger partial charge in [-0.05, 0) is 49.9 Å². The summed E-state index contributed by atoms with van der Waals surface area (Å²) in [4.78, 5) is 28.7. The summed E-state index contributed by atoms with van der Waals surface area (Å²) in [5.41, 5.74) is 2.48. The van der Waals surface area contributed by atoms with Crippen molar-refractivity contribution in [2.45, 2.75) is 32.7 Å². The number of benzene rings is 1. The summed E-state index contributed by atoms with van der Waals surface area (Å²) in [7, 11) is 0. The third-order valence-corrected chi connectivity index (χ3v) is 5.41. The Morgan fingerprint density at radius 1 is 0.963 bits per heavy atom. The third-order valence-electron chi connectivity index (χ3n) is 5.41. The van der Waals surface area contributed by atoms with E-state index in [4.69, 9.17) is 0 Å². The first-order valence-electron chi connectivity index (χ1n) is 9.44. The molecule has 1 aromatic heterocycles. The van der Waals surface area contributed by atoms with E-state index in [1.54, 1.807) is 28.9 Å². The molecule has 0 spiro atoms. The Balaban J connectivity index is 1.39. The quantitative estimate of drug-likeness (QED) is 0.815. The van der Waals surface area contributed by atoms with Crippen molar-refractivity contribution in [2.75, 3.05) is 26.2 Å². The molecule has 3 heterocycles. The van der Waals surface area contributed by atoms with E-state index in [1.165, 1.54) is 6.07 Å². The molecule has 1 aromatic carbocycles. The van der Waals surface area contributed by atoms with Crippen LogP contribution in [0.3, 0.4) is 0 Å². The smallest absolute Gasteiger partial charge is 0.274 e. The maximum Gasteiger partial charge on any atom is 0.274 e. The molecule has 6 nitrogen and oxygen atoms in total. The van der Waals surface area contributed by atoms with E-state index in [1.807, 2.05) is 10.7 Å². The lowest BCUT2D eigenvalue weighted by atomic mass is 10.1. The lowest BCUT2D eigenvalue weighted by molar-refractivity contribution is 0.0531. The maximum atomic E-state index is 13.7. The Kier molecular flexibility index (Phi) is 4.68. The molecule has 0 bridgehead atoms. The highest BCUT2D eigenvalue weighted by molar-refractivity contribution is 5.95. The first kappa shape index (κ1) is 17.7. The van der Waals surface area contributed by atoms with Gasteiger partial charge in [-0.1, -0.05) is 6.07 Å². The van der Waals surface area contributed by atoms with Gasteiger partial charge in [0.05, 0.1) is 0 Å². The second-order valence-electron chi connectivity index (χ2n) is 7.25. The van der Waals surface area contributed by atoms with Crippen LogP contribution in [0.25, 0.3) is 0 Å². The predicted molar refractivity (Wildman–Crippen MR) is 98.1 cm³/mol. The zero-order chi connectivity index (χ0) is 19.0. The second kappa shape index (κ2) is 7.13. The zero-order valence-electron chi connectivity index (χ0n) is 15.4. The molecule has 27 heavy (non-hydrogen) atoms. The predicted octanol–water partition coefficient (Wildman–Crippen LogP) is 2.27. The van der Waals surface area contributed by atoms with Crippen LogP contribution in [-0.2, 0) is 13.0 Å². The minimum atomic E-state index is -0.376. The number of aryl methyl sites for hydroxylation is 3. The molecule has 4 rings (SSSR count). The van der Waals surface area contributed by atoms with Gasteiger partial charge in [0.25, 0.3) is 11.8 Å². The lowest BCUT2D eigenvalue weighted by Crippen LogP contribution is -2.50. The van der Waals surface area contributed by atoms with Crippen LogP contribution in [0.1, 0.15) is 44.9 Å². The second-order valence-corrected chi connectivity index (χ2v) is 7.25. The molecule has 2 aromatic rings. The minimum Gasteiger partial charge on any atom is -0.335 e. The number of hydrogen-bond acceptors (Lipinski definition) is 3. The van der Waals surface area contributed by atoms with Gasteiger partial charge in [0.2, 0.25) is 0 Å². The summed E-state index contributed by atoms with van der Waals surface area (Å²) in [6.07, 6.45) is 3.21. The Morgan fingerprint density at radius 3 is 2.33 bits per heavy atom. The van der Waals surface area contributed by atoms with Crippen LogP contribution in [0.5, 0.6) is 0 Å². The zero-order valence-corrected chi connectivity index (χ0v) is 15.4. The summed E-state index contributed by atoms with van der Waals surface area (Å²) in [6, 6.07) is 6.44. The van der Waals surface area contributed by atoms with Gasteiger partial charge in [-0.2, -0.15) is 5.10 Å². The summed E-state index contributed by atoms with van der Waals surface area (Å²) in [5.74, 6) is -0.651.